The number of allylic oxidation sites excluding steroid dienone is 8. The van der Waals surface area contributed by atoms with Crippen molar-refractivity contribution in [2.45, 2.75) is 19.3 Å². The highest BCUT2D eigenvalue weighted by atomic mass is 35.5. The summed E-state index contributed by atoms with van der Waals surface area (Å²) in [6.45, 7) is 0. The van der Waals surface area contributed by atoms with Gasteiger partial charge in [-0.15, -0.1) is 0 Å². The van der Waals surface area contributed by atoms with Crippen LogP contribution in [-0.2, 0) is 0 Å². The molecule has 0 spiro atoms. The number of fused-ring (bicyclic) bond motifs is 2. The molecule has 0 N–H and O–H groups in total. The van der Waals surface area contributed by atoms with Crippen LogP contribution in [0, 0.1) is 0 Å². The van der Waals surface area contributed by atoms with Gasteiger partial charge in [0, 0.05) is 107 Å². The molecule has 6 nitrogen and oxygen atoms in total. The Hall–Kier alpha value is -5.72. The number of anilines is 4. The van der Waals surface area contributed by atoms with Crippen molar-refractivity contribution in [2.75, 3.05) is 76.0 Å². The molecule has 1 aliphatic heterocycles. The molecule has 0 saturated heterocycles. The minimum absolute atomic E-state index is 0.817. The van der Waals surface area contributed by atoms with E-state index in [1.165, 1.54) is 0 Å². The van der Waals surface area contributed by atoms with Crippen molar-refractivity contribution in [1.29, 1.82) is 0 Å². The average molecular weight is 750 g/mol. The first-order valence-corrected chi connectivity index (χ1v) is 19.2. The summed E-state index contributed by atoms with van der Waals surface area (Å²) in [6.07, 6.45) is 13.8. The molecule has 55 heavy (non-hydrogen) atoms. The fourth-order valence-electron chi connectivity index (χ4n) is 6.95. The van der Waals surface area contributed by atoms with Gasteiger partial charge >= 0.3 is 11.3 Å². The summed E-state index contributed by atoms with van der Waals surface area (Å²) < 4.78 is 13.1. The van der Waals surface area contributed by atoms with Crippen LogP contribution in [0.15, 0.2) is 136 Å². The summed E-state index contributed by atoms with van der Waals surface area (Å²) in [4.78, 5) is 8.39. The predicted octanol–water partition coefficient (Wildman–Crippen LogP) is 11.8. The number of hydrogen-bond donors (Lipinski definition) is 0. The first-order chi connectivity index (χ1) is 26.4. The lowest BCUT2D eigenvalue weighted by Crippen LogP contribution is -2.11. The minimum Gasteiger partial charge on any atom is -0.456 e. The largest absolute Gasteiger partial charge is 0.456 e. The molecule has 0 fully saturated rings. The lowest BCUT2D eigenvalue weighted by atomic mass is 9.92. The second kappa shape index (κ2) is 15.9. The van der Waals surface area contributed by atoms with Crippen LogP contribution in [0.2, 0.25) is 0 Å². The average Bonchev–Trinajstić information content (AvgIpc) is 3.19. The van der Waals surface area contributed by atoms with Gasteiger partial charge in [-0.05, 0) is 115 Å². The molecule has 0 radical (unpaired) electrons. The van der Waals surface area contributed by atoms with E-state index < -0.39 is 0 Å². The molecular weight excluding hydrogens is 700 g/mol. The maximum atomic E-state index is 7.25. The standard InChI is InChI=1S/C48H50ClN4O2/c1-50(2)38-20-16-32(17-21-38)44-28-36(42-26-24-40(52(5)6)30-46(42)54-44)14-12-34-10-9-11-35(48(34)49)13-15-37-29-45(33-18-22-39(23-19-33)51(3)4)55-47-31-41(53(7)8)25-27-43(37)47/h12-31H,9-11H2,1-8H3/q+1. The van der Waals surface area contributed by atoms with Crippen LogP contribution in [0.1, 0.15) is 36.0 Å². The number of rotatable bonds is 9. The van der Waals surface area contributed by atoms with Gasteiger partial charge < -0.3 is 24.3 Å². The van der Waals surface area contributed by atoms with E-state index in [0.29, 0.717) is 0 Å². The van der Waals surface area contributed by atoms with Gasteiger partial charge in [-0.25, -0.2) is 4.42 Å². The van der Waals surface area contributed by atoms with E-state index in [-0.39, 0.29) is 0 Å². The van der Waals surface area contributed by atoms with E-state index in [0.717, 1.165) is 114 Å². The van der Waals surface area contributed by atoms with Gasteiger partial charge in [0.25, 0.3) is 0 Å². The Labute approximate surface area is 331 Å². The van der Waals surface area contributed by atoms with Crippen molar-refractivity contribution in [3.63, 3.8) is 0 Å². The fraction of sp³-hybridized carbons (Fsp3) is 0.229. The molecule has 0 unspecified atom stereocenters. The van der Waals surface area contributed by atoms with E-state index in [9.17, 15) is 0 Å². The predicted molar refractivity (Wildman–Crippen MR) is 237 cm³/mol. The second-order valence-corrected chi connectivity index (χ2v) is 15.4. The Bertz CT molecular complexity index is 2380. The monoisotopic (exact) mass is 749 g/mol. The van der Waals surface area contributed by atoms with E-state index >= 15 is 0 Å². The normalized spacial score (nSPS) is 15.7. The van der Waals surface area contributed by atoms with Gasteiger partial charge in [0.1, 0.15) is 11.5 Å². The summed E-state index contributed by atoms with van der Waals surface area (Å²) in [7, 11) is 16.4. The minimum atomic E-state index is 0.817. The topological polar surface area (TPSA) is 33.5 Å². The van der Waals surface area contributed by atoms with Gasteiger partial charge in [0.05, 0.1) is 23.1 Å². The smallest absolute Gasteiger partial charge is 0.363 e. The third kappa shape index (κ3) is 8.20. The number of benzene rings is 4. The van der Waals surface area contributed by atoms with Gasteiger partial charge in [0.15, 0.2) is 0 Å². The lowest BCUT2D eigenvalue weighted by molar-refractivity contribution is 0.509. The number of nitrogens with zero attached hydrogens (tertiary/aromatic N) is 4. The quantitative estimate of drug-likeness (QED) is 0.140. The number of halogens is 1. The van der Waals surface area contributed by atoms with Gasteiger partial charge in [-0.3, -0.25) is 0 Å². The van der Waals surface area contributed by atoms with Crippen LogP contribution in [-0.4, -0.2) is 56.4 Å². The Morgan fingerprint density at radius 3 is 1.87 bits per heavy atom. The van der Waals surface area contributed by atoms with Crippen LogP contribution in [0.3, 0.4) is 0 Å². The van der Waals surface area contributed by atoms with Gasteiger partial charge in [-0.2, -0.15) is 0 Å². The van der Waals surface area contributed by atoms with Crippen LogP contribution < -0.4 is 24.3 Å². The molecule has 2 heterocycles. The zero-order chi connectivity index (χ0) is 38.8. The molecular formula is C48H50ClN4O2+. The van der Waals surface area contributed by atoms with Crippen molar-refractivity contribution >= 4 is 62.7 Å². The zero-order valence-corrected chi connectivity index (χ0v) is 33.9. The maximum absolute atomic E-state index is 7.25. The molecule has 280 valence electrons. The zero-order valence-electron chi connectivity index (χ0n) is 33.2. The molecule has 4 aromatic carbocycles. The summed E-state index contributed by atoms with van der Waals surface area (Å²) >= 11 is 7.25. The molecule has 0 saturated carbocycles. The van der Waals surface area contributed by atoms with E-state index in [1.54, 1.807) is 0 Å². The van der Waals surface area contributed by atoms with Crippen LogP contribution in [0.25, 0.3) is 39.7 Å². The molecule has 0 bridgehead atoms. The molecule has 7 heteroatoms. The van der Waals surface area contributed by atoms with Crippen LogP contribution >= 0.6 is 11.6 Å². The van der Waals surface area contributed by atoms with E-state index in [4.69, 9.17) is 20.8 Å². The van der Waals surface area contributed by atoms with Crippen molar-refractivity contribution in [2.24, 2.45) is 0 Å². The molecule has 0 amide bonds. The molecule has 5 aromatic rings. The van der Waals surface area contributed by atoms with Crippen molar-refractivity contribution in [1.82, 2.24) is 0 Å². The van der Waals surface area contributed by atoms with Crippen LogP contribution in [0.5, 0.6) is 5.75 Å². The van der Waals surface area contributed by atoms with Gasteiger partial charge in [-0.1, -0.05) is 35.9 Å². The summed E-state index contributed by atoms with van der Waals surface area (Å²) in [6, 6.07) is 31.9. The fourth-order valence-corrected chi connectivity index (χ4v) is 7.27. The lowest BCUT2D eigenvalue weighted by Gasteiger charge is -2.23. The van der Waals surface area contributed by atoms with E-state index in [2.05, 4.69) is 141 Å². The Kier molecular flexibility index (Phi) is 10.9. The van der Waals surface area contributed by atoms with E-state index in [1.807, 2.05) is 56.4 Å². The SMILES string of the molecule is CN(C)c1ccc(C2=C/C(=C\C=C3/CCCC(/C=C/c4cc(-c5ccc(N(C)C)cc5)[o+]c5cc(N(C)C)ccc45)=C3Cl)c3ccc(N(C)C)cc3O2)cc1. The highest BCUT2D eigenvalue weighted by Crippen LogP contribution is 2.41. The first kappa shape index (κ1) is 37.6. The number of ether oxygens (including phenoxy) is 1. The summed E-state index contributed by atoms with van der Waals surface area (Å²) in [5.41, 5.74) is 12.8. The Morgan fingerprint density at radius 2 is 1.22 bits per heavy atom. The second-order valence-electron chi connectivity index (χ2n) is 15.0. The molecule has 2 aliphatic rings. The molecule has 0 atom stereocenters. The van der Waals surface area contributed by atoms with Crippen molar-refractivity contribution in [3.05, 3.63) is 148 Å². The maximum Gasteiger partial charge on any atom is 0.363 e. The Balaban J connectivity index is 1.25. The third-order valence-electron chi connectivity index (χ3n) is 10.3. The summed E-state index contributed by atoms with van der Waals surface area (Å²) in [5, 5.41) is 1.87. The highest BCUT2D eigenvalue weighted by molar-refractivity contribution is 6.32. The third-order valence-corrected chi connectivity index (χ3v) is 10.8. The van der Waals surface area contributed by atoms with Gasteiger partial charge in [0.2, 0.25) is 0 Å². The van der Waals surface area contributed by atoms with Crippen LogP contribution in [0.4, 0.5) is 22.7 Å². The highest BCUT2D eigenvalue weighted by Gasteiger charge is 2.22. The van der Waals surface area contributed by atoms with Crippen molar-refractivity contribution < 1.29 is 9.15 Å². The molecule has 1 aliphatic carbocycles. The summed E-state index contributed by atoms with van der Waals surface area (Å²) in [5.74, 6) is 2.48. The number of hydrogen-bond acceptors (Lipinski definition) is 5. The molecule has 1 aromatic heterocycles. The first-order valence-electron chi connectivity index (χ1n) is 18.8. The van der Waals surface area contributed by atoms with Crippen molar-refractivity contribution in [3.8, 4) is 17.1 Å². The molecule has 7 rings (SSSR count). The Morgan fingerprint density at radius 1 is 0.618 bits per heavy atom.